The van der Waals surface area contributed by atoms with Crippen molar-refractivity contribution in [3.63, 3.8) is 0 Å². The van der Waals surface area contributed by atoms with Gasteiger partial charge in [0, 0.05) is 40.1 Å². The average molecular weight is 537 g/mol. The molecule has 0 radical (unpaired) electrons. The first kappa shape index (κ1) is 23.4. The number of hydrogen-bond acceptors (Lipinski definition) is 7. The van der Waals surface area contributed by atoms with E-state index in [2.05, 4.69) is 15.6 Å². The second-order valence-corrected chi connectivity index (χ2v) is 13.1. The van der Waals surface area contributed by atoms with Gasteiger partial charge in [0.1, 0.15) is 6.04 Å². The van der Waals surface area contributed by atoms with E-state index in [1.54, 1.807) is 22.7 Å². The van der Waals surface area contributed by atoms with E-state index in [4.69, 9.17) is 0 Å². The predicted molar refractivity (Wildman–Crippen MR) is 138 cm³/mol. The molecule has 3 atom stereocenters. The minimum atomic E-state index is -0.625. The average Bonchev–Trinajstić information content (AvgIpc) is 3.58. The van der Waals surface area contributed by atoms with Crippen LogP contribution in [0.2, 0.25) is 0 Å². The van der Waals surface area contributed by atoms with E-state index in [1.807, 2.05) is 17.5 Å². The zero-order chi connectivity index (χ0) is 25.3. The summed E-state index contributed by atoms with van der Waals surface area (Å²) < 4.78 is 0. The molecule has 4 saturated carbocycles. The van der Waals surface area contributed by atoms with Crippen LogP contribution in [0, 0.1) is 17.8 Å². The summed E-state index contributed by atoms with van der Waals surface area (Å²) in [6, 6.07) is 5.01. The lowest BCUT2D eigenvalue weighted by atomic mass is 9.80. The van der Waals surface area contributed by atoms with Crippen molar-refractivity contribution in [3.8, 4) is 0 Å². The lowest BCUT2D eigenvalue weighted by molar-refractivity contribution is -0.136. The van der Waals surface area contributed by atoms with E-state index >= 15 is 0 Å². The summed E-state index contributed by atoms with van der Waals surface area (Å²) in [5.74, 6) is 1.88. The number of thiazole rings is 1. The van der Waals surface area contributed by atoms with Crippen LogP contribution in [0.25, 0.3) is 0 Å². The molecule has 6 aliphatic rings. The Bertz CT molecular complexity index is 1330. The van der Waals surface area contributed by atoms with Gasteiger partial charge >= 0.3 is 0 Å². The Labute approximate surface area is 223 Å². The van der Waals surface area contributed by atoms with E-state index in [-0.39, 0.29) is 29.7 Å². The highest BCUT2D eigenvalue weighted by Crippen LogP contribution is 2.60. The summed E-state index contributed by atoms with van der Waals surface area (Å²) in [6.45, 7) is 0.347. The molecule has 3 unspecified atom stereocenters. The summed E-state index contributed by atoms with van der Waals surface area (Å²) in [4.78, 5) is 57.3. The van der Waals surface area contributed by atoms with Crippen LogP contribution in [0.15, 0.2) is 28.5 Å². The molecule has 4 bridgehead atoms. The molecular formula is C27H28N4O4S2. The van der Waals surface area contributed by atoms with Gasteiger partial charge in [-0.3, -0.25) is 24.5 Å². The maximum absolute atomic E-state index is 13.1. The molecule has 1 aromatic heterocycles. The quantitative estimate of drug-likeness (QED) is 0.432. The molecule has 4 aliphatic carbocycles. The van der Waals surface area contributed by atoms with Gasteiger partial charge in [-0.1, -0.05) is 6.07 Å². The first-order valence-corrected chi connectivity index (χ1v) is 14.9. The van der Waals surface area contributed by atoms with Crippen LogP contribution in [0.3, 0.4) is 0 Å². The summed E-state index contributed by atoms with van der Waals surface area (Å²) in [6.07, 6.45) is 6.71. The number of thioether (sulfide) groups is 1. The molecule has 1 saturated heterocycles. The molecule has 192 valence electrons. The van der Waals surface area contributed by atoms with Crippen LogP contribution in [0.4, 0.5) is 0 Å². The molecule has 2 aliphatic heterocycles. The minimum Gasteiger partial charge on any atom is -0.344 e. The molecule has 0 spiro atoms. The summed E-state index contributed by atoms with van der Waals surface area (Å²) >= 11 is 2.98. The van der Waals surface area contributed by atoms with Crippen molar-refractivity contribution >= 4 is 46.7 Å². The Morgan fingerprint density at radius 1 is 1.19 bits per heavy atom. The van der Waals surface area contributed by atoms with Crippen molar-refractivity contribution in [1.29, 1.82) is 0 Å². The summed E-state index contributed by atoms with van der Waals surface area (Å²) in [5.41, 5.74) is 2.35. The molecule has 2 N–H and O–H groups in total. The number of imide groups is 1. The third-order valence-electron chi connectivity index (χ3n) is 9.01. The second kappa shape index (κ2) is 8.66. The van der Waals surface area contributed by atoms with Crippen LogP contribution in [0.5, 0.6) is 0 Å². The molecule has 1 aromatic carbocycles. The number of hydrogen-bond donors (Lipinski definition) is 2. The van der Waals surface area contributed by atoms with Gasteiger partial charge in [-0.2, -0.15) is 0 Å². The molecule has 10 heteroatoms. The zero-order valence-electron chi connectivity index (χ0n) is 20.3. The summed E-state index contributed by atoms with van der Waals surface area (Å²) in [7, 11) is 0. The van der Waals surface area contributed by atoms with Crippen LogP contribution in [-0.2, 0) is 21.9 Å². The minimum absolute atomic E-state index is 0.00320. The van der Waals surface area contributed by atoms with Crippen LogP contribution >= 0.6 is 23.1 Å². The highest BCUT2D eigenvalue weighted by Gasteiger charge is 2.58. The Hall–Kier alpha value is -2.72. The van der Waals surface area contributed by atoms with E-state index in [0.29, 0.717) is 35.2 Å². The SMILES string of the molecule is O=C1CCC(N2Cc3c(SCc4csc(C(=O)NC56CC7CC(CC5C7)C6)n4)cccc3C2=O)C(=O)N1. The molecular weight excluding hydrogens is 508 g/mol. The molecule has 3 heterocycles. The van der Waals surface area contributed by atoms with Gasteiger partial charge in [0.15, 0.2) is 5.01 Å². The fourth-order valence-corrected chi connectivity index (χ4v) is 9.39. The Kier molecular flexibility index (Phi) is 5.48. The van der Waals surface area contributed by atoms with Gasteiger partial charge in [0.2, 0.25) is 11.8 Å². The molecule has 4 amide bonds. The number of amides is 4. The van der Waals surface area contributed by atoms with Crippen molar-refractivity contribution in [2.75, 3.05) is 0 Å². The number of nitrogens with zero attached hydrogens (tertiary/aromatic N) is 2. The first-order chi connectivity index (χ1) is 17.9. The Morgan fingerprint density at radius 3 is 2.78 bits per heavy atom. The van der Waals surface area contributed by atoms with Crippen LogP contribution in [-0.4, -0.2) is 45.1 Å². The van der Waals surface area contributed by atoms with E-state index in [0.717, 1.165) is 40.8 Å². The smallest absolute Gasteiger partial charge is 0.280 e. The van der Waals surface area contributed by atoms with Gasteiger partial charge in [0.25, 0.3) is 11.8 Å². The molecule has 8 rings (SSSR count). The lowest BCUT2D eigenvalue weighted by Crippen LogP contribution is -2.52. The number of rotatable bonds is 6. The van der Waals surface area contributed by atoms with Crippen LogP contribution in [0.1, 0.15) is 76.4 Å². The number of carbonyl (C=O) groups is 4. The number of benzene rings is 1. The Morgan fingerprint density at radius 2 is 2.00 bits per heavy atom. The van der Waals surface area contributed by atoms with E-state index in [9.17, 15) is 19.2 Å². The molecule has 37 heavy (non-hydrogen) atoms. The highest BCUT2D eigenvalue weighted by molar-refractivity contribution is 7.98. The van der Waals surface area contributed by atoms with E-state index in [1.165, 1.54) is 30.6 Å². The van der Waals surface area contributed by atoms with Crippen molar-refractivity contribution in [1.82, 2.24) is 20.5 Å². The first-order valence-electron chi connectivity index (χ1n) is 13.0. The largest absolute Gasteiger partial charge is 0.344 e. The fraction of sp³-hybridized carbons (Fsp3) is 0.519. The molecule has 8 nitrogen and oxygen atoms in total. The third-order valence-corrected chi connectivity index (χ3v) is 11.0. The lowest BCUT2D eigenvalue weighted by Gasteiger charge is -2.33. The standard InChI is InChI=1S/C27H28N4O4S2/c32-22-5-4-20(23(33)29-22)31-11-19-18(26(31)35)2-1-3-21(19)36-12-17-13-37-25(28-17)24(34)30-27-9-14-6-15(10-27)8-16(27)7-14/h1-3,13-16,20H,4-12H2,(H,30,34)(H,29,32,33). The third kappa shape index (κ3) is 3.91. The fourth-order valence-electron chi connectivity index (χ4n) is 7.60. The Balaban J connectivity index is 1.02. The number of carbonyl (C=O) groups excluding carboxylic acids is 4. The summed E-state index contributed by atoms with van der Waals surface area (Å²) in [5, 5.41) is 8.22. The monoisotopic (exact) mass is 536 g/mol. The van der Waals surface area contributed by atoms with Crippen molar-refractivity contribution in [2.45, 2.75) is 73.7 Å². The highest BCUT2D eigenvalue weighted by atomic mass is 32.2. The maximum Gasteiger partial charge on any atom is 0.280 e. The van der Waals surface area contributed by atoms with Gasteiger partial charge < -0.3 is 10.2 Å². The zero-order valence-corrected chi connectivity index (χ0v) is 22.0. The van der Waals surface area contributed by atoms with Gasteiger partial charge in [-0.15, -0.1) is 23.1 Å². The number of aromatic nitrogens is 1. The second-order valence-electron chi connectivity index (χ2n) is 11.3. The molecule has 2 aromatic rings. The number of piperidine rings is 1. The predicted octanol–water partition coefficient (Wildman–Crippen LogP) is 3.50. The van der Waals surface area contributed by atoms with Gasteiger partial charge in [-0.05, 0) is 74.0 Å². The number of fused-ring (bicyclic) bond motifs is 1. The normalized spacial score (nSPS) is 31.7. The van der Waals surface area contributed by atoms with Crippen LogP contribution < -0.4 is 10.6 Å². The maximum atomic E-state index is 13.1. The number of nitrogens with one attached hydrogen (secondary N) is 2. The van der Waals surface area contributed by atoms with Gasteiger partial charge in [0.05, 0.1) is 5.69 Å². The van der Waals surface area contributed by atoms with E-state index < -0.39 is 11.9 Å². The van der Waals surface area contributed by atoms with Gasteiger partial charge in [-0.25, -0.2) is 4.98 Å². The van der Waals surface area contributed by atoms with Crippen molar-refractivity contribution < 1.29 is 19.2 Å². The van der Waals surface area contributed by atoms with Crippen molar-refractivity contribution in [2.24, 2.45) is 17.8 Å². The van der Waals surface area contributed by atoms with Crippen molar-refractivity contribution in [3.05, 3.63) is 45.4 Å². The molecule has 5 fully saturated rings. The topological polar surface area (TPSA) is 108 Å².